The lowest BCUT2D eigenvalue weighted by Crippen LogP contribution is -2.05. The lowest BCUT2D eigenvalue weighted by molar-refractivity contribution is 0.629. The van der Waals surface area contributed by atoms with Crippen molar-refractivity contribution in [3.63, 3.8) is 0 Å². The van der Waals surface area contributed by atoms with Gasteiger partial charge >= 0.3 is 0 Å². The second-order valence-electron chi connectivity index (χ2n) is 5.60. The van der Waals surface area contributed by atoms with Gasteiger partial charge in [0.15, 0.2) is 11.5 Å². The Morgan fingerprint density at radius 3 is 2.62 bits per heavy atom. The van der Waals surface area contributed by atoms with Crippen molar-refractivity contribution in [2.75, 3.05) is 22.1 Å². The molecular weight excluding hydrogens is 335 g/mol. The van der Waals surface area contributed by atoms with Crippen LogP contribution in [0.4, 0.5) is 38.9 Å². The monoisotopic (exact) mass is 350 g/mol. The quantitative estimate of drug-likeness (QED) is 0.418. The van der Waals surface area contributed by atoms with Crippen molar-refractivity contribution in [1.29, 1.82) is 0 Å². The van der Waals surface area contributed by atoms with E-state index in [0.29, 0.717) is 40.2 Å². The summed E-state index contributed by atoms with van der Waals surface area (Å²) in [4.78, 5) is 8.51. The van der Waals surface area contributed by atoms with Crippen molar-refractivity contribution in [3.05, 3.63) is 60.7 Å². The molecular formula is C17H15FN8. The summed E-state index contributed by atoms with van der Waals surface area (Å²) in [5.74, 6) is 1.00. The van der Waals surface area contributed by atoms with Crippen LogP contribution in [0.2, 0.25) is 0 Å². The predicted molar refractivity (Wildman–Crippen MR) is 99.0 cm³/mol. The molecule has 1 aromatic carbocycles. The third kappa shape index (κ3) is 3.05. The van der Waals surface area contributed by atoms with Crippen LogP contribution in [0, 0.1) is 5.82 Å². The Balaban J connectivity index is 1.76. The number of nitrogen functional groups attached to an aromatic ring is 2. The number of imidazole rings is 1. The van der Waals surface area contributed by atoms with Gasteiger partial charge in [0.2, 0.25) is 0 Å². The van der Waals surface area contributed by atoms with Gasteiger partial charge in [-0.25, -0.2) is 14.4 Å². The summed E-state index contributed by atoms with van der Waals surface area (Å²) in [6, 6.07) is 11.4. The highest BCUT2D eigenvalue weighted by molar-refractivity contribution is 5.77. The average molecular weight is 350 g/mol. The highest BCUT2D eigenvalue weighted by Crippen LogP contribution is 2.26. The topological polar surface area (TPSA) is 119 Å². The van der Waals surface area contributed by atoms with Crippen molar-refractivity contribution in [2.24, 2.45) is 0 Å². The lowest BCUT2D eigenvalue weighted by Gasteiger charge is -2.11. The van der Waals surface area contributed by atoms with E-state index >= 15 is 0 Å². The molecule has 26 heavy (non-hydrogen) atoms. The minimum Gasteiger partial charge on any atom is -0.399 e. The number of benzene rings is 1. The zero-order valence-electron chi connectivity index (χ0n) is 13.5. The number of hydrogen-bond donors (Lipinski definition) is 4. The van der Waals surface area contributed by atoms with Gasteiger partial charge in [-0.2, -0.15) is 4.52 Å². The van der Waals surface area contributed by atoms with E-state index in [1.54, 1.807) is 18.3 Å². The zero-order valence-corrected chi connectivity index (χ0v) is 13.5. The van der Waals surface area contributed by atoms with Crippen LogP contribution in [0.15, 0.2) is 54.9 Å². The summed E-state index contributed by atoms with van der Waals surface area (Å²) in [5.41, 5.74) is 13.6. The van der Waals surface area contributed by atoms with Gasteiger partial charge in [-0.15, -0.1) is 5.10 Å². The van der Waals surface area contributed by atoms with Crippen LogP contribution in [0.1, 0.15) is 0 Å². The standard InChI is InChI=1S/C17H15FN8/c18-10-5-11(19)7-12(6-10)23-16-8-13(24-15-3-1-2-4-21-15)17-22-9-14(20)26(17)25-16/h1-9H,19-20H2,(H,21,24)(H,23,25). The van der Waals surface area contributed by atoms with E-state index in [4.69, 9.17) is 11.5 Å². The van der Waals surface area contributed by atoms with Crippen molar-refractivity contribution < 1.29 is 4.39 Å². The van der Waals surface area contributed by atoms with Gasteiger partial charge in [-0.3, -0.25) is 0 Å². The van der Waals surface area contributed by atoms with E-state index in [-0.39, 0.29) is 0 Å². The Bertz CT molecular complexity index is 1060. The molecule has 4 aromatic rings. The lowest BCUT2D eigenvalue weighted by atomic mass is 10.2. The summed E-state index contributed by atoms with van der Waals surface area (Å²) >= 11 is 0. The molecule has 0 spiro atoms. The van der Waals surface area contributed by atoms with Gasteiger partial charge in [0.1, 0.15) is 17.5 Å². The number of pyridine rings is 1. The Hall–Kier alpha value is -3.88. The van der Waals surface area contributed by atoms with Crippen LogP contribution in [0.5, 0.6) is 0 Å². The molecule has 8 nitrogen and oxygen atoms in total. The maximum atomic E-state index is 13.6. The SMILES string of the molecule is Nc1cc(F)cc(Nc2cc(Nc3ccccn3)c3ncc(N)n3n2)c1. The molecule has 3 aromatic heterocycles. The molecule has 0 bridgehead atoms. The molecule has 0 radical (unpaired) electrons. The number of aromatic nitrogens is 4. The number of rotatable bonds is 4. The van der Waals surface area contributed by atoms with Crippen LogP contribution in [0.25, 0.3) is 5.65 Å². The molecule has 0 amide bonds. The summed E-state index contributed by atoms with van der Waals surface area (Å²) < 4.78 is 15.1. The first kappa shape index (κ1) is 15.6. The number of nitrogens with two attached hydrogens (primary N) is 2. The Labute approximate surface area is 147 Å². The molecule has 130 valence electrons. The van der Waals surface area contributed by atoms with Crippen molar-refractivity contribution >= 4 is 40.2 Å². The maximum Gasteiger partial charge on any atom is 0.179 e. The van der Waals surface area contributed by atoms with Gasteiger partial charge in [0.25, 0.3) is 0 Å². The summed E-state index contributed by atoms with van der Waals surface area (Å²) in [7, 11) is 0. The van der Waals surface area contributed by atoms with E-state index in [0.717, 1.165) is 0 Å². The third-order valence-corrected chi connectivity index (χ3v) is 3.61. The fourth-order valence-electron chi connectivity index (χ4n) is 2.55. The number of hydrogen-bond acceptors (Lipinski definition) is 7. The number of fused-ring (bicyclic) bond motifs is 1. The molecule has 0 saturated carbocycles. The molecule has 0 unspecified atom stereocenters. The molecule has 0 atom stereocenters. The molecule has 0 aliphatic rings. The summed E-state index contributed by atoms with van der Waals surface area (Å²) in [6.45, 7) is 0. The van der Waals surface area contributed by atoms with E-state index in [2.05, 4.69) is 25.7 Å². The normalized spacial score (nSPS) is 10.8. The Morgan fingerprint density at radius 2 is 1.85 bits per heavy atom. The van der Waals surface area contributed by atoms with Crippen molar-refractivity contribution in [2.45, 2.75) is 0 Å². The predicted octanol–water partition coefficient (Wildman–Crippen LogP) is 2.92. The molecule has 0 aliphatic carbocycles. The minimum absolute atomic E-state index is 0.308. The number of nitrogens with zero attached hydrogens (tertiary/aromatic N) is 4. The zero-order chi connectivity index (χ0) is 18.1. The largest absolute Gasteiger partial charge is 0.399 e. The Kier molecular flexibility index (Phi) is 3.73. The fraction of sp³-hybridized carbons (Fsp3) is 0. The van der Waals surface area contributed by atoms with Crippen LogP contribution >= 0.6 is 0 Å². The van der Waals surface area contributed by atoms with Crippen LogP contribution in [-0.4, -0.2) is 19.6 Å². The molecule has 0 fully saturated rings. The molecule has 0 saturated heterocycles. The number of nitrogens with one attached hydrogen (secondary N) is 2. The Morgan fingerprint density at radius 1 is 0.962 bits per heavy atom. The van der Waals surface area contributed by atoms with Gasteiger partial charge < -0.3 is 22.1 Å². The number of halogens is 1. The minimum atomic E-state index is -0.442. The van der Waals surface area contributed by atoms with Crippen molar-refractivity contribution in [3.8, 4) is 0 Å². The van der Waals surface area contributed by atoms with Crippen LogP contribution in [0.3, 0.4) is 0 Å². The summed E-state index contributed by atoms with van der Waals surface area (Å²) in [6.07, 6.45) is 3.19. The van der Waals surface area contributed by atoms with Gasteiger partial charge in [0.05, 0.1) is 11.9 Å². The smallest absolute Gasteiger partial charge is 0.179 e. The molecule has 3 heterocycles. The maximum absolute atomic E-state index is 13.6. The second kappa shape index (κ2) is 6.20. The first-order valence-electron chi connectivity index (χ1n) is 7.74. The molecule has 9 heteroatoms. The highest BCUT2D eigenvalue weighted by Gasteiger charge is 2.11. The van der Waals surface area contributed by atoms with E-state index in [1.165, 1.54) is 22.8 Å². The van der Waals surface area contributed by atoms with Crippen LogP contribution in [-0.2, 0) is 0 Å². The first-order chi connectivity index (χ1) is 12.6. The third-order valence-electron chi connectivity index (χ3n) is 3.61. The molecule has 0 aliphatic heterocycles. The molecule has 6 N–H and O–H groups in total. The molecule has 4 rings (SSSR count). The van der Waals surface area contributed by atoms with Crippen LogP contribution < -0.4 is 22.1 Å². The van der Waals surface area contributed by atoms with E-state index in [1.807, 2.05) is 18.2 Å². The summed E-state index contributed by atoms with van der Waals surface area (Å²) in [5, 5.41) is 10.6. The van der Waals surface area contributed by atoms with Gasteiger partial charge in [-0.05, 0) is 30.3 Å². The van der Waals surface area contributed by atoms with Gasteiger partial charge in [-0.1, -0.05) is 6.07 Å². The van der Waals surface area contributed by atoms with Gasteiger partial charge in [0, 0.05) is 23.6 Å². The van der Waals surface area contributed by atoms with Crippen molar-refractivity contribution in [1.82, 2.24) is 19.6 Å². The average Bonchev–Trinajstić information content (AvgIpc) is 2.96. The van der Waals surface area contributed by atoms with E-state index in [9.17, 15) is 4.39 Å². The van der Waals surface area contributed by atoms with E-state index < -0.39 is 5.82 Å². The highest BCUT2D eigenvalue weighted by atomic mass is 19.1. The first-order valence-corrected chi connectivity index (χ1v) is 7.74. The fourth-order valence-corrected chi connectivity index (χ4v) is 2.55. The number of anilines is 6. The second-order valence-corrected chi connectivity index (χ2v) is 5.60.